The standard InChI is InChI=1S/C12H14N2O3/c1-7-6-13-10(11(15)14-7)8-2-4-9(5-3-8)12(16)17/h2-5,7,10,13H,6H2,1H3,(H,14,15)(H,16,17)/t7-,10+/m0/s1. The van der Waals surface area contributed by atoms with E-state index in [1.807, 2.05) is 6.92 Å². The summed E-state index contributed by atoms with van der Waals surface area (Å²) in [5, 5.41) is 14.7. The average Bonchev–Trinajstić information content (AvgIpc) is 2.29. The van der Waals surface area contributed by atoms with Gasteiger partial charge in [0, 0.05) is 12.6 Å². The number of amides is 1. The Balaban J connectivity index is 2.17. The lowest BCUT2D eigenvalue weighted by Gasteiger charge is -2.28. The van der Waals surface area contributed by atoms with E-state index >= 15 is 0 Å². The van der Waals surface area contributed by atoms with Crippen LogP contribution in [0, 0.1) is 0 Å². The highest BCUT2D eigenvalue weighted by atomic mass is 16.4. The van der Waals surface area contributed by atoms with Crippen molar-refractivity contribution in [2.45, 2.75) is 19.0 Å². The molecule has 0 radical (unpaired) electrons. The molecule has 5 heteroatoms. The first-order valence-corrected chi connectivity index (χ1v) is 5.45. The molecule has 1 aromatic rings. The first-order valence-electron chi connectivity index (χ1n) is 5.45. The smallest absolute Gasteiger partial charge is 0.335 e. The van der Waals surface area contributed by atoms with E-state index in [9.17, 15) is 9.59 Å². The largest absolute Gasteiger partial charge is 0.478 e. The fourth-order valence-corrected chi connectivity index (χ4v) is 1.85. The van der Waals surface area contributed by atoms with Gasteiger partial charge in [-0.1, -0.05) is 12.1 Å². The third-order valence-corrected chi connectivity index (χ3v) is 2.77. The molecule has 2 rings (SSSR count). The summed E-state index contributed by atoms with van der Waals surface area (Å²) in [6.45, 7) is 2.63. The molecule has 5 nitrogen and oxygen atoms in total. The van der Waals surface area contributed by atoms with Gasteiger partial charge in [0.1, 0.15) is 6.04 Å². The number of carbonyl (C=O) groups excluding carboxylic acids is 1. The first-order chi connectivity index (χ1) is 8.08. The van der Waals surface area contributed by atoms with Crippen molar-refractivity contribution in [1.82, 2.24) is 10.6 Å². The van der Waals surface area contributed by atoms with Crippen LogP contribution in [0.3, 0.4) is 0 Å². The molecule has 1 saturated heterocycles. The topological polar surface area (TPSA) is 78.4 Å². The number of carboxylic acids is 1. The van der Waals surface area contributed by atoms with Crippen LogP contribution in [0.1, 0.15) is 28.9 Å². The number of carboxylic acid groups (broad SMARTS) is 1. The summed E-state index contributed by atoms with van der Waals surface area (Å²) >= 11 is 0. The molecule has 17 heavy (non-hydrogen) atoms. The second kappa shape index (κ2) is 4.55. The number of hydrogen-bond donors (Lipinski definition) is 3. The average molecular weight is 234 g/mol. The van der Waals surface area contributed by atoms with E-state index in [1.165, 1.54) is 12.1 Å². The number of piperazine rings is 1. The quantitative estimate of drug-likeness (QED) is 0.697. The van der Waals surface area contributed by atoms with Gasteiger partial charge in [-0.05, 0) is 24.6 Å². The Morgan fingerprint density at radius 2 is 2.00 bits per heavy atom. The Kier molecular flexibility index (Phi) is 3.10. The van der Waals surface area contributed by atoms with Crippen LogP contribution in [0.5, 0.6) is 0 Å². The van der Waals surface area contributed by atoms with Crippen LogP contribution in [0.4, 0.5) is 0 Å². The zero-order chi connectivity index (χ0) is 12.4. The van der Waals surface area contributed by atoms with Crippen LogP contribution in [-0.4, -0.2) is 29.6 Å². The van der Waals surface area contributed by atoms with Crippen LogP contribution < -0.4 is 10.6 Å². The number of aromatic carboxylic acids is 1. The summed E-state index contributed by atoms with van der Waals surface area (Å²) in [6.07, 6.45) is 0. The normalized spacial score (nSPS) is 24.2. The lowest BCUT2D eigenvalue weighted by atomic mass is 10.0. The van der Waals surface area contributed by atoms with Crippen LogP contribution in [0.2, 0.25) is 0 Å². The van der Waals surface area contributed by atoms with Crippen molar-refractivity contribution < 1.29 is 14.7 Å². The molecule has 0 bridgehead atoms. The van der Waals surface area contributed by atoms with Gasteiger partial charge in [0.05, 0.1) is 5.56 Å². The minimum atomic E-state index is -0.966. The molecule has 2 atom stereocenters. The van der Waals surface area contributed by atoms with Crippen LogP contribution in [-0.2, 0) is 4.79 Å². The Labute approximate surface area is 98.8 Å². The van der Waals surface area contributed by atoms with E-state index in [2.05, 4.69) is 10.6 Å². The zero-order valence-corrected chi connectivity index (χ0v) is 9.43. The number of hydrogen-bond acceptors (Lipinski definition) is 3. The Bertz CT molecular complexity index is 442. The second-order valence-corrected chi connectivity index (χ2v) is 4.18. The van der Waals surface area contributed by atoms with Gasteiger partial charge < -0.3 is 15.7 Å². The molecule has 1 aliphatic rings. The monoisotopic (exact) mass is 234 g/mol. The fraction of sp³-hybridized carbons (Fsp3) is 0.333. The van der Waals surface area contributed by atoms with E-state index in [1.54, 1.807) is 12.1 Å². The Morgan fingerprint density at radius 1 is 1.35 bits per heavy atom. The summed E-state index contributed by atoms with van der Waals surface area (Å²) in [5.41, 5.74) is 0.998. The second-order valence-electron chi connectivity index (χ2n) is 4.18. The number of benzene rings is 1. The summed E-state index contributed by atoms with van der Waals surface area (Å²) in [6, 6.07) is 6.06. The van der Waals surface area contributed by atoms with Gasteiger partial charge in [0.2, 0.25) is 5.91 Å². The lowest BCUT2D eigenvalue weighted by Crippen LogP contribution is -2.52. The maximum atomic E-state index is 11.7. The van der Waals surface area contributed by atoms with Crippen LogP contribution in [0.25, 0.3) is 0 Å². The first kappa shape index (κ1) is 11.6. The van der Waals surface area contributed by atoms with E-state index < -0.39 is 12.0 Å². The molecule has 3 N–H and O–H groups in total. The molecule has 0 aromatic heterocycles. The van der Waals surface area contributed by atoms with Gasteiger partial charge >= 0.3 is 5.97 Å². The van der Waals surface area contributed by atoms with Gasteiger partial charge in [0.25, 0.3) is 0 Å². The molecule has 90 valence electrons. The molecule has 0 unspecified atom stereocenters. The van der Waals surface area contributed by atoms with Crippen molar-refractivity contribution in [2.75, 3.05) is 6.54 Å². The highest BCUT2D eigenvalue weighted by Crippen LogP contribution is 2.16. The van der Waals surface area contributed by atoms with E-state index in [-0.39, 0.29) is 17.5 Å². The van der Waals surface area contributed by atoms with Gasteiger partial charge in [0.15, 0.2) is 0 Å². The molecule has 0 aliphatic carbocycles. The predicted octanol–water partition coefficient (Wildman–Crippen LogP) is 0.534. The third kappa shape index (κ3) is 2.45. The van der Waals surface area contributed by atoms with E-state index in [0.29, 0.717) is 6.54 Å². The van der Waals surface area contributed by atoms with Gasteiger partial charge in [-0.15, -0.1) is 0 Å². The van der Waals surface area contributed by atoms with Gasteiger partial charge in [-0.25, -0.2) is 4.79 Å². The number of nitrogens with one attached hydrogen (secondary N) is 2. The number of carbonyl (C=O) groups is 2. The molecule has 1 fully saturated rings. The fourth-order valence-electron chi connectivity index (χ4n) is 1.85. The van der Waals surface area contributed by atoms with E-state index in [0.717, 1.165) is 5.56 Å². The highest BCUT2D eigenvalue weighted by Gasteiger charge is 2.26. The summed E-state index contributed by atoms with van der Waals surface area (Å²) < 4.78 is 0. The van der Waals surface area contributed by atoms with Crippen molar-refractivity contribution >= 4 is 11.9 Å². The Morgan fingerprint density at radius 3 is 2.53 bits per heavy atom. The van der Waals surface area contributed by atoms with Crippen molar-refractivity contribution in [3.8, 4) is 0 Å². The molecule has 1 aromatic carbocycles. The molecule has 1 heterocycles. The number of rotatable bonds is 2. The minimum absolute atomic E-state index is 0.0770. The highest BCUT2D eigenvalue weighted by molar-refractivity contribution is 5.88. The summed E-state index contributed by atoms with van der Waals surface area (Å²) in [4.78, 5) is 22.4. The van der Waals surface area contributed by atoms with Crippen molar-refractivity contribution in [3.63, 3.8) is 0 Å². The molecule has 1 amide bonds. The molecule has 1 aliphatic heterocycles. The molecular formula is C12H14N2O3. The van der Waals surface area contributed by atoms with Crippen LogP contribution in [0.15, 0.2) is 24.3 Å². The third-order valence-electron chi connectivity index (χ3n) is 2.77. The maximum absolute atomic E-state index is 11.7. The SMILES string of the molecule is C[C@H]1CN[C@H](c2ccc(C(=O)O)cc2)C(=O)N1. The van der Waals surface area contributed by atoms with E-state index in [4.69, 9.17) is 5.11 Å². The van der Waals surface area contributed by atoms with Gasteiger partial charge in [-0.2, -0.15) is 0 Å². The van der Waals surface area contributed by atoms with Crippen molar-refractivity contribution in [2.24, 2.45) is 0 Å². The molecule has 0 saturated carbocycles. The lowest BCUT2D eigenvalue weighted by molar-refractivity contribution is -0.125. The predicted molar refractivity (Wildman–Crippen MR) is 61.7 cm³/mol. The van der Waals surface area contributed by atoms with Crippen molar-refractivity contribution in [3.05, 3.63) is 35.4 Å². The van der Waals surface area contributed by atoms with Gasteiger partial charge in [-0.3, -0.25) is 4.79 Å². The summed E-state index contributed by atoms with van der Waals surface area (Å²) in [5.74, 6) is -1.04. The summed E-state index contributed by atoms with van der Waals surface area (Å²) in [7, 11) is 0. The zero-order valence-electron chi connectivity index (χ0n) is 9.43. The molecular weight excluding hydrogens is 220 g/mol. The Hall–Kier alpha value is -1.88. The van der Waals surface area contributed by atoms with Crippen molar-refractivity contribution in [1.29, 1.82) is 0 Å². The minimum Gasteiger partial charge on any atom is -0.478 e. The maximum Gasteiger partial charge on any atom is 0.335 e. The van der Waals surface area contributed by atoms with Crippen LogP contribution >= 0.6 is 0 Å². The molecule has 0 spiro atoms.